The van der Waals surface area contributed by atoms with Crippen LogP contribution in [0.25, 0.3) is 0 Å². The molecule has 0 unspecified atom stereocenters. The highest BCUT2D eigenvalue weighted by Gasteiger charge is 2.23. The van der Waals surface area contributed by atoms with Crippen molar-refractivity contribution in [2.45, 2.75) is 11.8 Å². The van der Waals surface area contributed by atoms with Crippen molar-refractivity contribution in [3.05, 3.63) is 30.9 Å². The molecule has 2 N–H and O–H groups in total. The molecule has 0 atom stereocenters. The Balaban J connectivity index is 3.14. The second-order valence-corrected chi connectivity index (χ2v) is 7.03. The van der Waals surface area contributed by atoms with E-state index in [-0.39, 0.29) is 4.90 Å². The first kappa shape index (κ1) is 18.4. The smallest absolute Gasteiger partial charge is 0.246 e. The summed E-state index contributed by atoms with van der Waals surface area (Å²) in [4.78, 5) is 0.0934. The van der Waals surface area contributed by atoms with Crippen molar-refractivity contribution >= 4 is 33.0 Å². The van der Waals surface area contributed by atoms with Crippen molar-refractivity contribution in [3.8, 4) is 5.75 Å². The first-order valence-corrected chi connectivity index (χ1v) is 8.52. The largest absolute Gasteiger partial charge is 0.492 e. The summed E-state index contributed by atoms with van der Waals surface area (Å²) in [5.74, 6) is 0.312. The molecule has 122 valence electrons. The molecule has 0 saturated heterocycles. The fourth-order valence-corrected chi connectivity index (χ4v) is 2.85. The second-order valence-electron chi connectivity index (χ2n) is 4.51. The number of hydrogen-bond acceptors (Lipinski definition) is 4. The van der Waals surface area contributed by atoms with Crippen LogP contribution in [0.2, 0.25) is 0 Å². The van der Waals surface area contributed by atoms with Gasteiger partial charge in [0, 0.05) is 26.3 Å². The minimum absolute atomic E-state index is 0.0934. The van der Waals surface area contributed by atoms with Gasteiger partial charge in [-0.15, -0.1) is 6.58 Å². The second kappa shape index (κ2) is 8.11. The van der Waals surface area contributed by atoms with E-state index < -0.39 is 10.0 Å². The molecule has 6 nitrogen and oxygen atoms in total. The van der Waals surface area contributed by atoms with Gasteiger partial charge in [-0.3, -0.25) is 0 Å². The third-order valence-electron chi connectivity index (χ3n) is 2.67. The summed E-state index contributed by atoms with van der Waals surface area (Å²) in [6.45, 7) is 6.28. The minimum Gasteiger partial charge on any atom is -0.492 e. The minimum atomic E-state index is -3.62. The number of hydrogen-bond donors (Lipinski definition) is 2. The van der Waals surface area contributed by atoms with E-state index in [0.717, 1.165) is 4.31 Å². The van der Waals surface area contributed by atoms with E-state index >= 15 is 0 Å². The Morgan fingerprint density at radius 1 is 1.45 bits per heavy atom. The Labute approximate surface area is 137 Å². The summed E-state index contributed by atoms with van der Waals surface area (Å²) in [6, 6.07) is 4.82. The summed E-state index contributed by atoms with van der Waals surface area (Å²) >= 11 is 5.11. The molecule has 0 fully saturated rings. The fourth-order valence-electron chi connectivity index (χ4n) is 1.60. The van der Waals surface area contributed by atoms with Gasteiger partial charge in [0.15, 0.2) is 5.11 Å². The quantitative estimate of drug-likeness (QED) is 0.581. The molecule has 0 saturated carbocycles. The van der Waals surface area contributed by atoms with E-state index in [1.807, 2.05) is 0 Å². The maximum absolute atomic E-state index is 12.4. The Bertz CT molecular complexity index is 643. The lowest BCUT2D eigenvalue weighted by molar-refractivity contribution is 0.330. The first-order chi connectivity index (χ1) is 10.3. The summed E-state index contributed by atoms with van der Waals surface area (Å²) in [7, 11) is -0.669. The molecule has 0 aromatic heterocycles. The van der Waals surface area contributed by atoms with Crippen LogP contribution in [0, 0.1) is 0 Å². The normalized spacial score (nSPS) is 11.1. The summed E-state index contributed by atoms with van der Waals surface area (Å²) in [5.41, 5.74) is 0.561. The van der Waals surface area contributed by atoms with Crippen LogP contribution < -0.4 is 15.4 Å². The Morgan fingerprint density at radius 3 is 2.68 bits per heavy atom. The number of thiocarbonyl (C=S) groups is 1. The molecule has 1 aromatic rings. The highest BCUT2D eigenvalue weighted by molar-refractivity contribution is 7.89. The van der Waals surface area contributed by atoms with Gasteiger partial charge in [-0.05, 0) is 37.3 Å². The molecule has 1 aromatic carbocycles. The maximum Gasteiger partial charge on any atom is 0.246 e. The van der Waals surface area contributed by atoms with Crippen LogP contribution in [0.3, 0.4) is 0 Å². The predicted octanol–water partition coefficient (Wildman–Crippen LogP) is 1.81. The number of nitrogens with zero attached hydrogens (tertiary/aromatic N) is 1. The van der Waals surface area contributed by atoms with Gasteiger partial charge in [-0.25, -0.2) is 12.7 Å². The van der Waals surface area contributed by atoms with Gasteiger partial charge < -0.3 is 15.4 Å². The summed E-state index contributed by atoms with van der Waals surface area (Å²) < 4.78 is 31.3. The molecule has 8 heteroatoms. The van der Waals surface area contributed by atoms with Crippen LogP contribution in [-0.2, 0) is 10.0 Å². The highest BCUT2D eigenvalue weighted by Crippen LogP contribution is 2.29. The molecule has 0 amide bonds. The van der Waals surface area contributed by atoms with Crippen molar-refractivity contribution in [1.29, 1.82) is 0 Å². The third-order valence-corrected chi connectivity index (χ3v) is 4.75. The predicted molar refractivity (Wildman–Crippen MR) is 92.9 cm³/mol. The molecule has 0 aliphatic carbocycles. The fraction of sp³-hybridized carbons (Fsp3) is 0.357. The van der Waals surface area contributed by atoms with E-state index in [0.29, 0.717) is 29.7 Å². The molecule has 0 aliphatic rings. The van der Waals surface area contributed by atoms with Gasteiger partial charge in [-0.2, -0.15) is 0 Å². The van der Waals surface area contributed by atoms with Gasteiger partial charge >= 0.3 is 0 Å². The number of nitrogens with one attached hydrogen (secondary N) is 2. The van der Waals surface area contributed by atoms with Crippen LogP contribution in [0.4, 0.5) is 5.69 Å². The molecule has 0 bridgehead atoms. The van der Waals surface area contributed by atoms with Gasteiger partial charge in [-0.1, -0.05) is 6.08 Å². The summed E-state index contributed by atoms with van der Waals surface area (Å²) in [6.07, 6.45) is 1.67. The van der Waals surface area contributed by atoms with E-state index in [1.54, 1.807) is 25.1 Å². The maximum atomic E-state index is 12.4. The molecule has 0 heterocycles. The summed E-state index contributed by atoms with van der Waals surface area (Å²) in [5, 5.41) is 6.23. The lowest BCUT2D eigenvalue weighted by atomic mass is 10.3. The topological polar surface area (TPSA) is 70.7 Å². The van der Waals surface area contributed by atoms with Crippen LogP contribution in [0.1, 0.15) is 6.92 Å². The van der Waals surface area contributed by atoms with Crippen molar-refractivity contribution in [2.24, 2.45) is 0 Å². The average Bonchev–Trinajstić information content (AvgIpc) is 2.46. The zero-order chi connectivity index (χ0) is 16.8. The number of rotatable bonds is 7. The monoisotopic (exact) mass is 343 g/mol. The van der Waals surface area contributed by atoms with E-state index in [9.17, 15) is 8.42 Å². The Morgan fingerprint density at radius 2 is 2.14 bits per heavy atom. The van der Waals surface area contributed by atoms with Crippen LogP contribution in [0.5, 0.6) is 5.75 Å². The zero-order valence-electron chi connectivity index (χ0n) is 12.9. The van der Waals surface area contributed by atoms with Gasteiger partial charge in [0.05, 0.1) is 6.61 Å². The molecule has 0 aliphatic heterocycles. The first-order valence-electron chi connectivity index (χ1n) is 6.68. The van der Waals surface area contributed by atoms with E-state index in [4.69, 9.17) is 17.0 Å². The lowest BCUT2D eigenvalue weighted by Crippen LogP contribution is -2.28. The van der Waals surface area contributed by atoms with Crippen molar-refractivity contribution in [1.82, 2.24) is 9.62 Å². The third kappa shape index (κ3) is 4.69. The Hall–Kier alpha value is -1.64. The standard InChI is InChI=1S/C14H21N3O3S2/c1-5-9-15-14(21)16-11-7-8-12(20-6-2)13(10-11)22(18,19)17(3)4/h5,7-8,10H,1,6,9H2,2-4H3,(H2,15,16,21). The van der Waals surface area contributed by atoms with Crippen LogP contribution >= 0.6 is 12.2 Å². The van der Waals surface area contributed by atoms with Crippen molar-refractivity contribution in [3.63, 3.8) is 0 Å². The molecule has 0 spiro atoms. The number of benzene rings is 1. The molecule has 0 radical (unpaired) electrons. The van der Waals surface area contributed by atoms with Gasteiger partial charge in [0.25, 0.3) is 0 Å². The lowest BCUT2D eigenvalue weighted by Gasteiger charge is -2.17. The highest BCUT2D eigenvalue weighted by atomic mass is 32.2. The molecular weight excluding hydrogens is 322 g/mol. The number of ether oxygens (including phenoxy) is 1. The zero-order valence-corrected chi connectivity index (χ0v) is 14.6. The molecular formula is C14H21N3O3S2. The van der Waals surface area contributed by atoms with Gasteiger partial charge in [0.2, 0.25) is 10.0 Å². The van der Waals surface area contributed by atoms with E-state index in [1.165, 1.54) is 20.2 Å². The average molecular weight is 343 g/mol. The van der Waals surface area contributed by atoms with Crippen molar-refractivity contribution in [2.75, 3.05) is 32.6 Å². The van der Waals surface area contributed by atoms with E-state index in [2.05, 4.69) is 17.2 Å². The SMILES string of the molecule is C=CCNC(=S)Nc1ccc(OCC)c(S(=O)(=O)N(C)C)c1. The Kier molecular flexibility index (Phi) is 6.79. The van der Waals surface area contributed by atoms with Crippen LogP contribution in [-0.4, -0.2) is 45.1 Å². The molecule has 1 rings (SSSR count). The van der Waals surface area contributed by atoms with Crippen LogP contribution in [0.15, 0.2) is 35.7 Å². The molecule has 22 heavy (non-hydrogen) atoms. The number of anilines is 1. The van der Waals surface area contributed by atoms with Crippen molar-refractivity contribution < 1.29 is 13.2 Å². The van der Waals surface area contributed by atoms with Gasteiger partial charge in [0.1, 0.15) is 10.6 Å². The number of sulfonamides is 1.